The maximum Gasteiger partial charge on any atom is 0.277 e. The lowest BCUT2D eigenvalue weighted by atomic mass is 10.0. The quantitative estimate of drug-likeness (QED) is 0.484. The zero-order valence-electron chi connectivity index (χ0n) is 13.5. The van der Waals surface area contributed by atoms with Crippen molar-refractivity contribution < 1.29 is 10.0 Å². The van der Waals surface area contributed by atoms with Crippen LogP contribution in [-0.2, 0) is 13.0 Å². The molecule has 0 saturated carbocycles. The summed E-state index contributed by atoms with van der Waals surface area (Å²) in [5, 5.41) is 10.6. The average Bonchev–Trinajstić information content (AvgIpc) is 2.98. The Balaban J connectivity index is 1.66. The topological polar surface area (TPSA) is 94.1 Å². The predicted octanol–water partition coefficient (Wildman–Crippen LogP) is 2.60. The van der Waals surface area contributed by atoms with Crippen molar-refractivity contribution in [3.05, 3.63) is 51.9 Å². The Kier molecular flexibility index (Phi) is 3.82. The summed E-state index contributed by atoms with van der Waals surface area (Å²) in [4.78, 5) is 25.4. The van der Waals surface area contributed by atoms with Crippen LogP contribution in [0.5, 0.6) is 0 Å². The molecular weight excluding hydrogens is 342 g/mol. The van der Waals surface area contributed by atoms with E-state index in [0.29, 0.717) is 12.5 Å². The molecule has 0 radical (unpaired) electrons. The molecule has 8 heteroatoms. The number of hydrogen-bond donors (Lipinski definition) is 3. The predicted molar refractivity (Wildman–Crippen MR) is 94.1 cm³/mol. The molecule has 25 heavy (non-hydrogen) atoms. The number of rotatable bonds is 2. The third kappa shape index (κ3) is 2.71. The summed E-state index contributed by atoms with van der Waals surface area (Å²) in [7, 11) is 0. The SMILES string of the molecule is Cc1cc2c3c([nH]c2cc1Cl)CCN(c1ncc(C(=O)NO)cn1)C3. The number of amides is 1. The number of aromatic nitrogens is 3. The van der Waals surface area contributed by atoms with E-state index in [0.717, 1.165) is 34.5 Å². The molecule has 0 bridgehead atoms. The lowest BCUT2D eigenvalue weighted by Crippen LogP contribution is -2.31. The maximum absolute atomic E-state index is 11.4. The summed E-state index contributed by atoms with van der Waals surface area (Å²) in [6.45, 7) is 3.45. The van der Waals surface area contributed by atoms with E-state index < -0.39 is 5.91 Å². The summed E-state index contributed by atoms with van der Waals surface area (Å²) >= 11 is 6.23. The minimum Gasteiger partial charge on any atom is -0.358 e. The van der Waals surface area contributed by atoms with Crippen molar-refractivity contribution in [1.29, 1.82) is 0 Å². The molecule has 0 fully saturated rings. The minimum atomic E-state index is -0.628. The van der Waals surface area contributed by atoms with E-state index in [1.807, 2.05) is 13.0 Å². The number of fused-ring (bicyclic) bond motifs is 3. The second-order valence-corrected chi connectivity index (χ2v) is 6.52. The van der Waals surface area contributed by atoms with Gasteiger partial charge < -0.3 is 9.88 Å². The molecule has 0 unspecified atom stereocenters. The van der Waals surface area contributed by atoms with Crippen LogP contribution >= 0.6 is 11.6 Å². The first-order valence-electron chi connectivity index (χ1n) is 7.88. The van der Waals surface area contributed by atoms with Crippen molar-refractivity contribution in [2.45, 2.75) is 19.9 Å². The molecule has 0 atom stereocenters. The van der Waals surface area contributed by atoms with Gasteiger partial charge in [0.25, 0.3) is 5.91 Å². The van der Waals surface area contributed by atoms with Gasteiger partial charge >= 0.3 is 0 Å². The number of anilines is 1. The Morgan fingerprint density at radius 3 is 2.84 bits per heavy atom. The highest BCUT2D eigenvalue weighted by molar-refractivity contribution is 6.32. The Bertz CT molecular complexity index is 967. The van der Waals surface area contributed by atoms with E-state index in [1.54, 1.807) is 5.48 Å². The molecule has 1 aliphatic rings. The van der Waals surface area contributed by atoms with Crippen LogP contribution in [0.15, 0.2) is 24.5 Å². The van der Waals surface area contributed by atoms with Crippen molar-refractivity contribution in [3.8, 4) is 0 Å². The third-order valence-corrected chi connectivity index (χ3v) is 4.95. The molecule has 0 spiro atoms. The zero-order valence-corrected chi connectivity index (χ0v) is 14.3. The fourth-order valence-electron chi connectivity index (χ4n) is 3.18. The summed E-state index contributed by atoms with van der Waals surface area (Å²) < 4.78 is 0. The van der Waals surface area contributed by atoms with Gasteiger partial charge in [0, 0.05) is 59.1 Å². The normalized spacial score (nSPS) is 13.8. The largest absolute Gasteiger partial charge is 0.358 e. The first-order chi connectivity index (χ1) is 12.1. The van der Waals surface area contributed by atoms with Crippen molar-refractivity contribution in [1.82, 2.24) is 20.4 Å². The monoisotopic (exact) mass is 357 g/mol. The van der Waals surface area contributed by atoms with Crippen LogP contribution < -0.4 is 10.4 Å². The van der Waals surface area contributed by atoms with Gasteiger partial charge in [-0.25, -0.2) is 15.4 Å². The van der Waals surface area contributed by atoms with Crippen LogP contribution in [0.4, 0.5) is 5.95 Å². The average molecular weight is 358 g/mol. The number of carbonyl (C=O) groups is 1. The molecule has 0 aliphatic carbocycles. The Hall–Kier alpha value is -2.64. The van der Waals surface area contributed by atoms with Gasteiger partial charge in [-0.05, 0) is 24.6 Å². The number of hydroxylamine groups is 1. The molecule has 2 aromatic heterocycles. The number of hydrogen-bond acceptors (Lipinski definition) is 5. The van der Waals surface area contributed by atoms with Crippen LogP contribution in [0.1, 0.15) is 27.2 Å². The number of nitrogens with one attached hydrogen (secondary N) is 2. The van der Waals surface area contributed by atoms with Crippen LogP contribution in [0, 0.1) is 6.92 Å². The van der Waals surface area contributed by atoms with Crippen molar-refractivity contribution >= 4 is 34.4 Å². The Morgan fingerprint density at radius 2 is 2.12 bits per heavy atom. The molecular formula is C17H16ClN5O2. The van der Waals surface area contributed by atoms with Crippen LogP contribution in [0.2, 0.25) is 5.02 Å². The number of nitrogens with zero attached hydrogens (tertiary/aromatic N) is 3. The van der Waals surface area contributed by atoms with Gasteiger partial charge in [0.1, 0.15) is 0 Å². The van der Waals surface area contributed by atoms with E-state index in [-0.39, 0.29) is 5.56 Å². The number of halogens is 1. The Morgan fingerprint density at radius 1 is 1.36 bits per heavy atom. The third-order valence-electron chi connectivity index (χ3n) is 4.54. The summed E-state index contributed by atoms with van der Waals surface area (Å²) in [5.74, 6) is -0.0726. The van der Waals surface area contributed by atoms with E-state index in [4.69, 9.17) is 16.8 Å². The standard InChI is InChI=1S/C17H16ClN5O2/c1-9-4-11-12-8-23(3-2-14(12)21-15(11)5-13(9)18)17-19-6-10(7-20-17)16(24)22-25/h4-7,21,25H,2-3,8H2,1H3,(H,22,24). The van der Waals surface area contributed by atoms with E-state index in [9.17, 15) is 4.79 Å². The van der Waals surface area contributed by atoms with Gasteiger partial charge in [0.15, 0.2) is 0 Å². The van der Waals surface area contributed by atoms with Crippen LogP contribution in [0.3, 0.4) is 0 Å². The Labute approximate surface area is 148 Å². The van der Waals surface area contributed by atoms with Crippen LogP contribution in [-0.4, -0.2) is 32.6 Å². The molecule has 0 saturated heterocycles. The fraction of sp³-hybridized carbons (Fsp3) is 0.235. The lowest BCUT2D eigenvalue weighted by Gasteiger charge is -2.27. The first-order valence-corrected chi connectivity index (χ1v) is 8.25. The molecule has 7 nitrogen and oxygen atoms in total. The molecule has 128 valence electrons. The molecule has 1 aliphatic heterocycles. The highest BCUT2D eigenvalue weighted by Gasteiger charge is 2.23. The smallest absolute Gasteiger partial charge is 0.277 e. The molecule has 3 heterocycles. The molecule has 4 rings (SSSR count). The van der Waals surface area contributed by atoms with Crippen molar-refractivity contribution in [2.75, 3.05) is 11.4 Å². The zero-order chi connectivity index (χ0) is 17.6. The number of aromatic amines is 1. The summed E-state index contributed by atoms with van der Waals surface area (Å²) in [6, 6.07) is 4.07. The van der Waals surface area contributed by atoms with Gasteiger partial charge in [-0.15, -0.1) is 0 Å². The van der Waals surface area contributed by atoms with Crippen molar-refractivity contribution in [2.24, 2.45) is 0 Å². The highest BCUT2D eigenvalue weighted by atomic mass is 35.5. The molecule has 3 aromatic rings. The first kappa shape index (κ1) is 15.9. The van der Waals surface area contributed by atoms with Gasteiger partial charge in [-0.2, -0.15) is 0 Å². The maximum atomic E-state index is 11.4. The number of H-pyrrole nitrogens is 1. The summed E-state index contributed by atoms with van der Waals surface area (Å²) in [5.41, 5.74) is 6.30. The molecule has 3 N–H and O–H groups in total. The van der Waals surface area contributed by atoms with E-state index in [2.05, 4.69) is 25.9 Å². The van der Waals surface area contributed by atoms with Gasteiger partial charge in [0.2, 0.25) is 5.95 Å². The van der Waals surface area contributed by atoms with E-state index in [1.165, 1.54) is 23.7 Å². The van der Waals surface area contributed by atoms with Crippen LogP contribution in [0.25, 0.3) is 10.9 Å². The van der Waals surface area contributed by atoms with E-state index >= 15 is 0 Å². The second-order valence-electron chi connectivity index (χ2n) is 6.11. The highest BCUT2D eigenvalue weighted by Crippen LogP contribution is 2.32. The fourth-order valence-corrected chi connectivity index (χ4v) is 3.35. The second kappa shape index (κ2) is 6.02. The minimum absolute atomic E-state index is 0.210. The number of aryl methyl sites for hydroxylation is 1. The van der Waals surface area contributed by atoms with Gasteiger partial charge in [-0.3, -0.25) is 10.0 Å². The number of carbonyl (C=O) groups excluding carboxylic acids is 1. The summed E-state index contributed by atoms with van der Waals surface area (Å²) in [6.07, 6.45) is 3.66. The lowest BCUT2D eigenvalue weighted by molar-refractivity contribution is 0.0705. The van der Waals surface area contributed by atoms with Gasteiger partial charge in [0.05, 0.1) is 5.56 Å². The molecule has 1 aromatic carbocycles. The molecule has 1 amide bonds. The van der Waals surface area contributed by atoms with Gasteiger partial charge in [-0.1, -0.05) is 11.6 Å². The number of benzene rings is 1. The van der Waals surface area contributed by atoms with Crippen molar-refractivity contribution in [3.63, 3.8) is 0 Å².